The summed E-state index contributed by atoms with van der Waals surface area (Å²) in [6.07, 6.45) is 6.63. The summed E-state index contributed by atoms with van der Waals surface area (Å²) in [5, 5.41) is 4.43. The summed E-state index contributed by atoms with van der Waals surface area (Å²) in [5.41, 5.74) is 1.51. The van der Waals surface area contributed by atoms with E-state index < -0.39 is 0 Å². The van der Waals surface area contributed by atoms with Crippen LogP contribution in [-0.4, -0.2) is 42.9 Å². The standard InChI is InChI=1S/C17H25NO2S/c1-5-17(8-16(11-20-17)19-10-14-2-3-14)13-18(6-1)9-15-4-7-21-12-15/h4,7,12,14,16H,1-3,5-6,8-11,13H2/t16-,17+/m0/s1. The van der Waals surface area contributed by atoms with Gasteiger partial charge in [0.15, 0.2) is 0 Å². The smallest absolute Gasteiger partial charge is 0.0836 e. The van der Waals surface area contributed by atoms with Crippen molar-refractivity contribution in [1.82, 2.24) is 4.90 Å². The summed E-state index contributed by atoms with van der Waals surface area (Å²) in [5.74, 6) is 0.850. The Bertz CT molecular complexity index is 459. The maximum absolute atomic E-state index is 6.23. The second-order valence-electron chi connectivity index (χ2n) is 7.04. The van der Waals surface area contributed by atoms with Gasteiger partial charge >= 0.3 is 0 Å². The topological polar surface area (TPSA) is 21.7 Å². The lowest BCUT2D eigenvalue weighted by molar-refractivity contribution is -0.0547. The molecule has 0 radical (unpaired) electrons. The van der Waals surface area contributed by atoms with Gasteiger partial charge in [0, 0.05) is 26.1 Å². The van der Waals surface area contributed by atoms with Crippen molar-refractivity contribution in [2.24, 2.45) is 5.92 Å². The van der Waals surface area contributed by atoms with Gasteiger partial charge in [-0.05, 0) is 60.5 Å². The number of rotatable bonds is 5. The average Bonchev–Trinajstić information content (AvgIpc) is 3.04. The highest BCUT2D eigenvalue weighted by Gasteiger charge is 2.44. The van der Waals surface area contributed by atoms with Crippen molar-refractivity contribution >= 4 is 11.3 Å². The molecule has 21 heavy (non-hydrogen) atoms. The van der Waals surface area contributed by atoms with Crippen LogP contribution in [-0.2, 0) is 16.0 Å². The first-order valence-corrected chi connectivity index (χ1v) is 9.25. The molecule has 0 aromatic carbocycles. The van der Waals surface area contributed by atoms with Crippen molar-refractivity contribution in [3.05, 3.63) is 22.4 Å². The molecule has 1 spiro atoms. The third kappa shape index (κ3) is 3.50. The third-order valence-corrected chi connectivity index (χ3v) is 5.78. The number of nitrogens with zero attached hydrogens (tertiary/aromatic N) is 1. The van der Waals surface area contributed by atoms with Crippen LogP contribution < -0.4 is 0 Å². The van der Waals surface area contributed by atoms with Crippen LogP contribution in [0.3, 0.4) is 0 Å². The fourth-order valence-electron chi connectivity index (χ4n) is 3.72. The van der Waals surface area contributed by atoms with Crippen molar-refractivity contribution in [2.75, 3.05) is 26.3 Å². The van der Waals surface area contributed by atoms with E-state index in [9.17, 15) is 0 Å². The van der Waals surface area contributed by atoms with Gasteiger partial charge in [-0.2, -0.15) is 11.3 Å². The van der Waals surface area contributed by atoms with Crippen molar-refractivity contribution < 1.29 is 9.47 Å². The normalized spacial score (nSPS) is 33.8. The Kier molecular flexibility index (Phi) is 4.05. The minimum absolute atomic E-state index is 0.0719. The minimum Gasteiger partial charge on any atom is -0.375 e. The van der Waals surface area contributed by atoms with E-state index in [2.05, 4.69) is 21.7 Å². The lowest BCUT2D eigenvalue weighted by Crippen LogP contribution is -2.47. The van der Waals surface area contributed by atoms with Crippen LogP contribution in [0.25, 0.3) is 0 Å². The Labute approximate surface area is 131 Å². The van der Waals surface area contributed by atoms with Gasteiger partial charge in [0.2, 0.25) is 0 Å². The molecule has 2 saturated heterocycles. The lowest BCUT2D eigenvalue weighted by atomic mass is 9.89. The van der Waals surface area contributed by atoms with E-state index in [0.717, 1.165) is 38.6 Å². The van der Waals surface area contributed by atoms with Crippen LogP contribution in [0.5, 0.6) is 0 Å². The van der Waals surface area contributed by atoms with Gasteiger partial charge in [-0.25, -0.2) is 0 Å². The van der Waals surface area contributed by atoms with E-state index >= 15 is 0 Å². The first-order valence-electron chi connectivity index (χ1n) is 8.30. The van der Waals surface area contributed by atoms with Gasteiger partial charge in [0.25, 0.3) is 0 Å². The number of hydrogen-bond acceptors (Lipinski definition) is 4. The second kappa shape index (κ2) is 5.99. The van der Waals surface area contributed by atoms with E-state index in [4.69, 9.17) is 9.47 Å². The highest BCUT2D eigenvalue weighted by Crippen LogP contribution is 2.37. The summed E-state index contributed by atoms with van der Waals surface area (Å²) >= 11 is 1.79. The van der Waals surface area contributed by atoms with Crippen LogP contribution in [0, 0.1) is 5.92 Å². The van der Waals surface area contributed by atoms with E-state index in [1.165, 1.54) is 37.8 Å². The zero-order valence-corrected chi connectivity index (χ0v) is 13.4. The summed E-state index contributed by atoms with van der Waals surface area (Å²) in [6, 6.07) is 2.24. The second-order valence-corrected chi connectivity index (χ2v) is 7.82. The Morgan fingerprint density at radius 3 is 3.19 bits per heavy atom. The molecule has 3 fully saturated rings. The molecule has 3 nitrogen and oxygen atoms in total. The number of likely N-dealkylation sites (tertiary alicyclic amines) is 1. The number of thiophene rings is 1. The molecule has 0 amide bonds. The van der Waals surface area contributed by atoms with Crippen LogP contribution in [0.2, 0.25) is 0 Å². The Balaban J connectivity index is 1.31. The van der Waals surface area contributed by atoms with Gasteiger partial charge in [0.1, 0.15) is 0 Å². The first-order chi connectivity index (χ1) is 10.3. The van der Waals surface area contributed by atoms with Gasteiger partial charge in [-0.3, -0.25) is 4.90 Å². The van der Waals surface area contributed by atoms with Crippen LogP contribution in [0.1, 0.15) is 37.7 Å². The first kappa shape index (κ1) is 14.2. The quantitative estimate of drug-likeness (QED) is 0.833. The molecule has 1 aromatic rings. The van der Waals surface area contributed by atoms with E-state index in [1.807, 2.05) is 0 Å². The SMILES string of the molecule is c1cc(CN2CCC[C@@]3(C[C@H](OCC4CC4)CO3)C2)cs1. The lowest BCUT2D eigenvalue weighted by Gasteiger charge is -2.39. The number of ether oxygens (including phenoxy) is 2. The van der Waals surface area contributed by atoms with E-state index in [-0.39, 0.29) is 5.60 Å². The van der Waals surface area contributed by atoms with Gasteiger partial charge < -0.3 is 9.47 Å². The van der Waals surface area contributed by atoms with Crippen LogP contribution >= 0.6 is 11.3 Å². The predicted molar refractivity (Wildman–Crippen MR) is 84.6 cm³/mol. The number of hydrogen-bond donors (Lipinski definition) is 0. The number of piperidine rings is 1. The highest BCUT2D eigenvalue weighted by atomic mass is 32.1. The fraction of sp³-hybridized carbons (Fsp3) is 0.765. The van der Waals surface area contributed by atoms with Gasteiger partial charge in [-0.1, -0.05) is 0 Å². The third-order valence-electron chi connectivity index (χ3n) is 5.04. The monoisotopic (exact) mass is 307 g/mol. The molecule has 116 valence electrons. The molecule has 2 atom stereocenters. The molecule has 4 heteroatoms. The molecule has 0 unspecified atom stereocenters. The Hall–Kier alpha value is -0.420. The van der Waals surface area contributed by atoms with Crippen LogP contribution in [0.4, 0.5) is 0 Å². The molecule has 3 heterocycles. The van der Waals surface area contributed by atoms with Gasteiger partial charge in [0.05, 0.1) is 18.3 Å². The maximum atomic E-state index is 6.23. The van der Waals surface area contributed by atoms with Crippen LogP contribution in [0.15, 0.2) is 16.8 Å². The van der Waals surface area contributed by atoms with Crippen molar-refractivity contribution in [3.8, 4) is 0 Å². The molecule has 0 bridgehead atoms. The minimum atomic E-state index is 0.0719. The average molecular weight is 307 g/mol. The summed E-state index contributed by atoms with van der Waals surface area (Å²) in [6.45, 7) is 5.12. The zero-order chi connectivity index (χ0) is 14.1. The van der Waals surface area contributed by atoms with Crippen molar-refractivity contribution in [2.45, 2.75) is 50.4 Å². The van der Waals surface area contributed by atoms with E-state index in [1.54, 1.807) is 11.3 Å². The molecule has 4 rings (SSSR count). The summed E-state index contributed by atoms with van der Waals surface area (Å²) < 4.78 is 12.3. The molecule has 2 aliphatic heterocycles. The fourth-order valence-corrected chi connectivity index (χ4v) is 4.38. The molecule has 1 aliphatic carbocycles. The predicted octanol–water partition coefficient (Wildman–Crippen LogP) is 3.30. The largest absolute Gasteiger partial charge is 0.375 e. The Morgan fingerprint density at radius 1 is 1.43 bits per heavy atom. The van der Waals surface area contributed by atoms with Crippen molar-refractivity contribution in [1.29, 1.82) is 0 Å². The molecular weight excluding hydrogens is 282 g/mol. The maximum Gasteiger partial charge on any atom is 0.0836 e. The summed E-state index contributed by atoms with van der Waals surface area (Å²) in [4.78, 5) is 2.56. The van der Waals surface area contributed by atoms with E-state index in [0.29, 0.717) is 6.10 Å². The summed E-state index contributed by atoms with van der Waals surface area (Å²) in [7, 11) is 0. The zero-order valence-electron chi connectivity index (χ0n) is 12.6. The van der Waals surface area contributed by atoms with Gasteiger partial charge in [-0.15, -0.1) is 0 Å². The van der Waals surface area contributed by atoms with Crippen molar-refractivity contribution in [3.63, 3.8) is 0 Å². The molecular formula is C17H25NO2S. The highest BCUT2D eigenvalue weighted by molar-refractivity contribution is 7.07. The molecule has 1 saturated carbocycles. The molecule has 0 N–H and O–H groups in total. The Morgan fingerprint density at radius 2 is 2.38 bits per heavy atom. The molecule has 1 aromatic heterocycles. The molecule has 3 aliphatic rings.